The van der Waals surface area contributed by atoms with Crippen LogP contribution in [-0.2, 0) is 6.18 Å². The largest absolute Gasteiger partial charge is 0.453 e. The highest BCUT2D eigenvalue weighted by Crippen LogP contribution is 2.45. The lowest BCUT2D eigenvalue weighted by atomic mass is 9.70. The second-order valence-corrected chi connectivity index (χ2v) is 8.31. The van der Waals surface area contributed by atoms with E-state index in [0.29, 0.717) is 17.9 Å². The van der Waals surface area contributed by atoms with Gasteiger partial charge in [0.25, 0.3) is 5.82 Å². The normalized spacial score (nSPS) is 26.8. The lowest BCUT2D eigenvalue weighted by molar-refractivity contribution is -0.144. The van der Waals surface area contributed by atoms with Crippen LogP contribution < -0.4 is 10.9 Å². The van der Waals surface area contributed by atoms with E-state index < -0.39 is 12.0 Å². The molecule has 9 heteroatoms. The van der Waals surface area contributed by atoms with E-state index in [2.05, 4.69) is 27.9 Å². The summed E-state index contributed by atoms with van der Waals surface area (Å²) in [7, 11) is 0. The summed E-state index contributed by atoms with van der Waals surface area (Å²) >= 11 is 0. The van der Waals surface area contributed by atoms with E-state index in [1.807, 2.05) is 0 Å². The number of halogens is 4. The number of benzene rings is 1. The zero-order valence-electron chi connectivity index (χ0n) is 16.2. The minimum absolute atomic E-state index is 0.0250. The van der Waals surface area contributed by atoms with Gasteiger partial charge in [-0.2, -0.15) is 13.2 Å². The van der Waals surface area contributed by atoms with Gasteiger partial charge in [0.05, 0.1) is 0 Å². The minimum atomic E-state index is -4.62. The van der Waals surface area contributed by atoms with Crippen molar-refractivity contribution in [1.82, 2.24) is 25.4 Å². The number of hydrogen-bond acceptors (Lipinski definition) is 4. The third kappa shape index (κ3) is 3.26. The zero-order valence-corrected chi connectivity index (χ0v) is 16.2. The number of nitrogens with zero attached hydrogens (tertiary/aromatic N) is 3. The van der Waals surface area contributed by atoms with Crippen LogP contribution in [-0.4, -0.2) is 27.2 Å². The lowest BCUT2D eigenvalue weighted by Crippen LogP contribution is -2.41. The van der Waals surface area contributed by atoms with Gasteiger partial charge in [-0.25, -0.2) is 13.9 Å². The highest BCUT2D eigenvalue weighted by Gasteiger charge is 2.41. The first kappa shape index (κ1) is 19.4. The van der Waals surface area contributed by atoms with Gasteiger partial charge < -0.3 is 0 Å². The van der Waals surface area contributed by atoms with Crippen molar-refractivity contribution in [2.75, 3.05) is 6.54 Å². The Balaban J connectivity index is 1.68. The molecule has 1 aliphatic carbocycles. The SMILES string of the molecule is CC1CC(c2c(-c3ccc(F)cc3)ccn3nc(C(F)(F)F)nc23)CC2CNNC12. The molecule has 3 heterocycles. The topological polar surface area (TPSA) is 54.2 Å². The summed E-state index contributed by atoms with van der Waals surface area (Å²) in [5, 5.41) is 3.67. The van der Waals surface area contributed by atoms with Crippen molar-refractivity contribution in [3.8, 4) is 11.1 Å². The summed E-state index contributed by atoms with van der Waals surface area (Å²) < 4.78 is 54.6. The molecule has 2 fully saturated rings. The van der Waals surface area contributed by atoms with Crippen LogP contribution in [0, 0.1) is 17.7 Å². The van der Waals surface area contributed by atoms with Crippen molar-refractivity contribution >= 4 is 5.65 Å². The van der Waals surface area contributed by atoms with Crippen LogP contribution in [0.4, 0.5) is 17.6 Å². The Labute approximate surface area is 170 Å². The van der Waals surface area contributed by atoms with Crippen molar-refractivity contribution in [3.63, 3.8) is 0 Å². The van der Waals surface area contributed by atoms with Gasteiger partial charge >= 0.3 is 6.18 Å². The summed E-state index contributed by atoms with van der Waals surface area (Å²) in [6, 6.07) is 8.13. The summed E-state index contributed by atoms with van der Waals surface area (Å²) in [4.78, 5) is 3.89. The molecule has 0 amide bonds. The molecule has 0 radical (unpaired) electrons. The average Bonchev–Trinajstić information content (AvgIpc) is 3.34. The van der Waals surface area contributed by atoms with Crippen LogP contribution in [0.3, 0.4) is 0 Å². The predicted octanol–water partition coefficient (Wildman–Crippen LogP) is 4.16. The summed E-state index contributed by atoms with van der Waals surface area (Å²) in [6.45, 7) is 2.98. The van der Waals surface area contributed by atoms with E-state index >= 15 is 0 Å². The standard InChI is InChI=1S/C21H21F4N5/c1-11-8-13(9-14-10-26-28-18(11)14)17-16(12-2-4-15(22)5-3-12)6-7-30-19(17)27-20(29-30)21(23,24)25/h2-7,11,13-14,18,26,28H,8-10H2,1H3. The molecular weight excluding hydrogens is 398 g/mol. The Bertz CT molecular complexity index is 1080. The van der Waals surface area contributed by atoms with Crippen LogP contribution in [0.25, 0.3) is 16.8 Å². The highest BCUT2D eigenvalue weighted by molar-refractivity contribution is 5.74. The van der Waals surface area contributed by atoms with Gasteiger partial charge in [0.2, 0.25) is 0 Å². The highest BCUT2D eigenvalue weighted by atomic mass is 19.4. The van der Waals surface area contributed by atoms with Gasteiger partial charge in [-0.15, -0.1) is 5.10 Å². The number of hydrogen-bond donors (Lipinski definition) is 2. The maximum absolute atomic E-state index is 13.5. The van der Waals surface area contributed by atoms with Gasteiger partial charge in [-0.3, -0.25) is 10.9 Å². The van der Waals surface area contributed by atoms with Gasteiger partial charge in [0.15, 0.2) is 5.65 Å². The van der Waals surface area contributed by atoms with E-state index in [0.717, 1.165) is 36.1 Å². The summed E-state index contributed by atoms with van der Waals surface area (Å²) in [5.41, 5.74) is 9.03. The van der Waals surface area contributed by atoms with Crippen LogP contribution in [0.1, 0.15) is 37.1 Å². The van der Waals surface area contributed by atoms with Gasteiger partial charge in [0, 0.05) is 24.3 Å². The monoisotopic (exact) mass is 419 g/mol. The van der Waals surface area contributed by atoms with Crippen LogP contribution in [0.2, 0.25) is 0 Å². The Kier molecular flexibility index (Phi) is 4.55. The molecule has 3 aromatic rings. The van der Waals surface area contributed by atoms with Gasteiger partial charge in [-0.05, 0) is 59.9 Å². The molecule has 5 nitrogen and oxygen atoms in total. The number of alkyl halides is 3. The van der Waals surface area contributed by atoms with E-state index in [-0.39, 0.29) is 17.4 Å². The van der Waals surface area contributed by atoms with E-state index in [9.17, 15) is 17.6 Å². The van der Waals surface area contributed by atoms with Crippen LogP contribution in [0.15, 0.2) is 36.5 Å². The van der Waals surface area contributed by atoms with E-state index in [4.69, 9.17) is 0 Å². The molecule has 0 spiro atoms. The third-order valence-corrected chi connectivity index (χ3v) is 6.36. The van der Waals surface area contributed by atoms with Crippen molar-refractivity contribution < 1.29 is 17.6 Å². The molecule has 2 aromatic heterocycles. The summed E-state index contributed by atoms with van der Waals surface area (Å²) in [5.74, 6) is -0.761. The molecule has 1 aliphatic heterocycles. The van der Waals surface area contributed by atoms with Crippen molar-refractivity contribution in [1.29, 1.82) is 0 Å². The Morgan fingerprint density at radius 2 is 1.87 bits per heavy atom. The van der Waals surface area contributed by atoms with Crippen molar-refractivity contribution in [2.45, 2.75) is 37.9 Å². The van der Waals surface area contributed by atoms with Gasteiger partial charge in [0.1, 0.15) is 5.82 Å². The average molecular weight is 419 g/mol. The Hall–Kier alpha value is -2.52. The molecule has 2 N–H and O–H groups in total. The van der Waals surface area contributed by atoms with Crippen molar-refractivity contribution in [2.24, 2.45) is 11.8 Å². The summed E-state index contributed by atoms with van der Waals surface area (Å²) in [6.07, 6.45) is -1.48. The number of pyridine rings is 1. The molecule has 0 bridgehead atoms. The fourth-order valence-electron chi connectivity index (χ4n) is 5.05. The molecule has 5 rings (SSSR count). The first-order valence-corrected chi connectivity index (χ1v) is 10.0. The first-order chi connectivity index (χ1) is 14.3. The van der Waals surface area contributed by atoms with E-state index in [1.165, 1.54) is 22.8 Å². The molecule has 4 unspecified atom stereocenters. The van der Waals surface area contributed by atoms with E-state index in [1.54, 1.807) is 18.2 Å². The molecule has 4 atom stereocenters. The third-order valence-electron chi connectivity index (χ3n) is 6.36. The fourth-order valence-corrected chi connectivity index (χ4v) is 5.05. The maximum atomic E-state index is 13.5. The maximum Gasteiger partial charge on any atom is 0.453 e. The minimum Gasteiger partial charge on any atom is -0.257 e. The number of nitrogens with one attached hydrogen (secondary N) is 2. The number of aromatic nitrogens is 3. The van der Waals surface area contributed by atoms with Gasteiger partial charge in [-0.1, -0.05) is 19.1 Å². The molecule has 2 aliphatic rings. The van der Waals surface area contributed by atoms with Crippen LogP contribution in [0.5, 0.6) is 0 Å². The second-order valence-electron chi connectivity index (χ2n) is 8.31. The quantitative estimate of drug-likeness (QED) is 0.613. The molecule has 30 heavy (non-hydrogen) atoms. The Morgan fingerprint density at radius 3 is 2.60 bits per heavy atom. The number of rotatable bonds is 2. The molecular formula is C21H21F4N5. The smallest absolute Gasteiger partial charge is 0.257 e. The lowest BCUT2D eigenvalue weighted by Gasteiger charge is -2.37. The zero-order chi connectivity index (χ0) is 21.0. The fraction of sp³-hybridized carbons (Fsp3) is 0.429. The molecule has 158 valence electrons. The Morgan fingerprint density at radius 1 is 1.10 bits per heavy atom. The van der Waals surface area contributed by atoms with Crippen molar-refractivity contribution in [3.05, 3.63) is 53.7 Å². The molecule has 1 aromatic carbocycles. The number of hydrazine groups is 1. The first-order valence-electron chi connectivity index (χ1n) is 10.0. The second kappa shape index (κ2) is 7.02. The number of fused-ring (bicyclic) bond motifs is 2. The predicted molar refractivity (Wildman–Crippen MR) is 103 cm³/mol. The van der Waals surface area contributed by atoms with Crippen LogP contribution >= 0.6 is 0 Å². The molecule has 1 saturated heterocycles. The molecule has 1 saturated carbocycles.